The molecule has 1 heterocycles. The number of aryl methyl sites for hydroxylation is 1. The molecule has 1 aromatic rings. The first kappa shape index (κ1) is 11.8. The van der Waals surface area contributed by atoms with Crippen LogP contribution >= 0.6 is 15.9 Å². The second-order valence-corrected chi connectivity index (χ2v) is 6.06. The first-order valence-corrected chi connectivity index (χ1v) is 7.17. The summed E-state index contributed by atoms with van der Waals surface area (Å²) < 4.78 is 28.9. The summed E-state index contributed by atoms with van der Waals surface area (Å²) in [6.07, 6.45) is 1.82. The van der Waals surface area contributed by atoms with E-state index < -0.39 is 10.2 Å². The lowest BCUT2D eigenvalue weighted by atomic mass is 10.4. The topological polar surface area (TPSA) is 71.1 Å². The van der Waals surface area contributed by atoms with Gasteiger partial charge in [0.15, 0.2) is 0 Å². The van der Waals surface area contributed by atoms with Crippen LogP contribution in [-0.2, 0) is 10.2 Å². The van der Waals surface area contributed by atoms with Crippen LogP contribution in [0.25, 0.3) is 0 Å². The molecule has 0 amide bonds. The number of aromatic nitrogens is 1. The predicted molar refractivity (Wildman–Crippen MR) is 65.4 cm³/mol. The summed E-state index contributed by atoms with van der Waals surface area (Å²) in [5, 5.41) is 0. The van der Waals surface area contributed by atoms with Gasteiger partial charge in [-0.3, -0.25) is 4.72 Å². The summed E-state index contributed by atoms with van der Waals surface area (Å²) in [7, 11) is -3.48. The van der Waals surface area contributed by atoms with E-state index in [1.807, 2.05) is 0 Å². The highest BCUT2D eigenvalue weighted by Crippen LogP contribution is 2.21. The Morgan fingerprint density at radius 2 is 2.12 bits per heavy atom. The molecule has 2 N–H and O–H groups in total. The van der Waals surface area contributed by atoms with E-state index in [4.69, 9.17) is 0 Å². The number of hydrogen-bond donors (Lipinski definition) is 2. The zero-order valence-electron chi connectivity index (χ0n) is 8.70. The van der Waals surface area contributed by atoms with Gasteiger partial charge >= 0.3 is 10.2 Å². The summed E-state index contributed by atoms with van der Waals surface area (Å²) >= 11 is 3.30. The molecule has 0 atom stereocenters. The molecule has 1 saturated carbocycles. The van der Waals surface area contributed by atoms with Gasteiger partial charge in [-0.05, 0) is 47.8 Å². The van der Waals surface area contributed by atoms with E-state index in [-0.39, 0.29) is 6.04 Å². The molecule has 5 nitrogen and oxygen atoms in total. The van der Waals surface area contributed by atoms with Gasteiger partial charge in [0, 0.05) is 10.5 Å². The van der Waals surface area contributed by atoms with Crippen LogP contribution in [0.15, 0.2) is 16.6 Å². The summed E-state index contributed by atoms with van der Waals surface area (Å²) in [6, 6.07) is 3.47. The third-order valence-electron chi connectivity index (χ3n) is 2.16. The number of nitrogens with one attached hydrogen (secondary N) is 2. The summed E-state index contributed by atoms with van der Waals surface area (Å²) in [4.78, 5) is 4.11. The number of pyridine rings is 1. The highest BCUT2D eigenvalue weighted by molar-refractivity contribution is 9.10. The van der Waals surface area contributed by atoms with Crippen molar-refractivity contribution >= 4 is 32.0 Å². The number of rotatable bonds is 4. The standard InChI is InChI=1S/C9H12BrN3O2S/c1-6-8(10)4-5-9(11-6)13-16(14,15)12-7-2-3-7/h4-5,7,12H,2-3H2,1H3,(H,11,13). The summed E-state index contributed by atoms with van der Waals surface area (Å²) in [5.74, 6) is 0.328. The van der Waals surface area contributed by atoms with E-state index in [1.165, 1.54) is 0 Å². The van der Waals surface area contributed by atoms with Gasteiger partial charge in [0.2, 0.25) is 0 Å². The normalized spacial score (nSPS) is 16.1. The van der Waals surface area contributed by atoms with E-state index in [2.05, 4.69) is 30.4 Å². The van der Waals surface area contributed by atoms with Crippen molar-refractivity contribution in [3.63, 3.8) is 0 Å². The molecule has 0 saturated heterocycles. The van der Waals surface area contributed by atoms with Crippen molar-refractivity contribution in [2.24, 2.45) is 0 Å². The van der Waals surface area contributed by atoms with Crippen LogP contribution in [0, 0.1) is 6.92 Å². The van der Waals surface area contributed by atoms with E-state index in [0.29, 0.717) is 5.82 Å². The molecule has 0 aromatic carbocycles. The molecule has 88 valence electrons. The highest BCUT2D eigenvalue weighted by Gasteiger charge is 2.26. The fourth-order valence-corrected chi connectivity index (χ4v) is 2.53. The number of hydrogen-bond acceptors (Lipinski definition) is 3. The number of halogens is 1. The maximum absolute atomic E-state index is 11.6. The fourth-order valence-electron chi connectivity index (χ4n) is 1.19. The molecule has 1 aliphatic carbocycles. The van der Waals surface area contributed by atoms with Crippen molar-refractivity contribution in [1.82, 2.24) is 9.71 Å². The summed E-state index contributed by atoms with van der Waals surface area (Å²) in [6.45, 7) is 1.80. The van der Waals surface area contributed by atoms with E-state index in [1.54, 1.807) is 19.1 Å². The van der Waals surface area contributed by atoms with Gasteiger partial charge in [0.25, 0.3) is 0 Å². The third-order valence-corrected chi connectivity index (χ3v) is 4.12. The zero-order chi connectivity index (χ0) is 11.8. The van der Waals surface area contributed by atoms with E-state index in [0.717, 1.165) is 23.0 Å². The van der Waals surface area contributed by atoms with Crippen LogP contribution in [-0.4, -0.2) is 19.4 Å². The molecule has 0 aliphatic heterocycles. The maximum Gasteiger partial charge on any atom is 0.300 e. The molecular weight excluding hydrogens is 294 g/mol. The lowest BCUT2D eigenvalue weighted by Gasteiger charge is -2.08. The highest BCUT2D eigenvalue weighted by atomic mass is 79.9. The largest absolute Gasteiger partial charge is 0.300 e. The number of nitrogens with zero attached hydrogens (tertiary/aromatic N) is 1. The Morgan fingerprint density at radius 1 is 1.44 bits per heavy atom. The average Bonchev–Trinajstić information content (AvgIpc) is 2.94. The average molecular weight is 306 g/mol. The molecule has 0 spiro atoms. The lowest BCUT2D eigenvalue weighted by molar-refractivity contribution is 0.586. The lowest BCUT2D eigenvalue weighted by Crippen LogP contribution is -2.32. The minimum absolute atomic E-state index is 0.0917. The first-order chi connectivity index (χ1) is 7.46. The van der Waals surface area contributed by atoms with E-state index in [9.17, 15) is 8.42 Å². The Hall–Kier alpha value is -0.660. The van der Waals surface area contributed by atoms with Crippen LogP contribution in [0.4, 0.5) is 5.82 Å². The molecule has 0 radical (unpaired) electrons. The Labute approximate surface area is 103 Å². The molecule has 7 heteroatoms. The monoisotopic (exact) mass is 305 g/mol. The SMILES string of the molecule is Cc1nc(NS(=O)(=O)NC2CC2)ccc1Br. The Bertz CT molecular complexity index is 499. The molecule has 2 rings (SSSR count). The van der Waals surface area contributed by atoms with Gasteiger partial charge in [-0.25, -0.2) is 4.98 Å². The molecule has 0 unspecified atom stereocenters. The van der Waals surface area contributed by atoms with Crippen LogP contribution < -0.4 is 9.44 Å². The van der Waals surface area contributed by atoms with Crippen LogP contribution in [0.1, 0.15) is 18.5 Å². The fraction of sp³-hybridized carbons (Fsp3) is 0.444. The minimum Gasteiger partial charge on any atom is -0.255 e. The van der Waals surface area contributed by atoms with Gasteiger partial charge in [0.05, 0.1) is 5.69 Å². The van der Waals surface area contributed by atoms with Crippen LogP contribution in [0.5, 0.6) is 0 Å². The molecular formula is C9H12BrN3O2S. The second-order valence-electron chi connectivity index (χ2n) is 3.76. The van der Waals surface area contributed by atoms with Crippen molar-refractivity contribution < 1.29 is 8.42 Å². The maximum atomic E-state index is 11.6. The predicted octanol–water partition coefficient (Wildman–Crippen LogP) is 1.56. The Morgan fingerprint density at radius 3 is 2.69 bits per heavy atom. The molecule has 1 fully saturated rings. The second kappa shape index (κ2) is 4.31. The third kappa shape index (κ3) is 3.16. The van der Waals surface area contributed by atoms with Crippen molar-refractivity contribution in [2.45, 2.75) is 25.8 Å². The van der Waals surface area contributed by atoms with Gasteiger partial charge in [-0.1, -0.05) is 0 Å². The molecule has 16 heavy (non-hydrogen) atoms. The quantitative estimate of drug-likeness (QED) is 0.887. The summed E-state index contributed by atoms with van der Waals surface area (Å²) in [5.41, 5.74) is 0.742. The minimum atomic E-state index is -3.48. The van der Waals surface area contributed by atoms with Gasteiger partial charge in [0.1, 0.15) is 5.82 Å². The van der Waals surface area contributed by atoms with Crippen molar-refractivity contribution in [3.8, 4) is 0 Å². The van der Waals surface area contributed by atoms with Gasteiger partial charge in [-0.2, -0.15) is 13.1 Å². The van der Waals surface area contributed by atoms with E-state index >= 15 is 0 Å². The molecule has 1 aliphatic rings. The van der Waals surface area contributed by atoms with Gasteiger partial charge in [-0.15, -0.1) is 0 Å². The van der Waals surface area contributed by atoms with Crippen LogP contribution in [0.3, 0.4) is 0 Å². The van der Waals surface area contributed by atoms with Crippen molar-refractivity contribution in [2.75, 3.05) is 4.72 Å². The first-order valence-electron chi connectivity index (χ1n) is 4.89. The zero-order valence-corrected chi connectivity index (χ0v) is 11.1. The van der Waals surface area contributed by atoms with Crippen LogP contribution in [0.2, 0.25) is 0 Å². The molecule has 0 bridgehead atoms. The van der Waals surface area contributed by atoms with Gasteiger partial charge < -0.3 is 0 Å². The number of anilines is 1. The smallest absolute Gasteiger partial charge is 0.255 e. The Kier molecular flexibility index (Phi) is 3.18. The van der Waals surface area contributed by atoms with Crippen molar-refractivity contribution in [3.05, 3.63) is 22.3 Å². The Balaban J connectivity index is 2.10. The van der Waals surface area contributed by atoms with Crippen molar-refractivity contribution in [1.29, 1.82) is 0 Å². The molecule has 1 aromatic heterocycles.